The number of hydrogen-bond donors (Lipinski definition) is 2. The number of pyridine rings is 2. The van der Waals surface area contributed by atoms with Gasteiger partial charge in [0.2, 0.25) is 5.91 Å². The van der Waals surface area contributed by atoms with E-state index in [1.165, 1.54) is 9.80 Å². The van der Waals surface area contributed by atoms with Gasteiger partial charge in [-0.15, -0.1) is 11.3 Å². The summed E-state index contributed by atoms with van der Waals surface area (Å²) in [5.74, 6) is 0.0541. The molecule has 2 aromatic carbocycles. The molecule has 1 atom stereocenters. The Labute approximate surface area is 287 Å². The quantitative estimate of drug-likeness (QED) is 0.115. The van der Waals surface area contributed by atoms with E-state index in [4.69, 9.17) is 15.5 Å². The maximum atomic E-state index is 13.3. The highest BCUT2D eigenvalue weighted by atomic mass is 32.1. The van der Waals surface area contributed by atoms with Gasteiger partial charge in [-0.3, -0.25) is 24.3 Å². The third-order valence-electron chi connectivity index (χ3n) is 8.83. The summed E-state index contributed by atoms with van der Waals surface area (Å²) in [6, 6.07) is 18.5. The van der Waals surface area contributed by atoms with Crippen LogP contribution in [-0.4, -0.2) is 88.9 Å². The topological polar surface area (TPSA) is 147 Å². The van der Waals surface area contributed by atoms with E-state index < -0.39 is 6.04 Å². The van der Waals surface area contributed by atoms with E-state index >= 15 is 0 Å². The molecule has 1 unspecified atom stereocenters. The molecule has 5 heterocycles. The number of anilines is 3. The number of benzene rings is 2. The zero-order valence-electron chi connectivity index (χ0n) is 27.3. The van der Waals surface area contributed by atoms with Crippen LogP contribution in [0.25, 0.3) is 32.0 Å². The summed E-state index contributed by atoms with van der Waals surface area (Å²) in [7, 11) is 3.92. The van der Waals surface area contributed by atoms with E-state index in [-0.39, 0.29) is 43.8 Å². The lowest BCUT2D eigenvalue weighted by Gasteiger charge is -2.35. The molecule has 49 heavy (non-hydrogen) atoms. The monoisotopic (exact) mass is 676 g/mol. The molecule has 0 spiro atoms. The lowest BCUT2D eigenvalue weighted by molar-refractivity contribution is -0.153. The summed E-state index contributed by atoms with van der Waals surface area (Å²) in [4.78, 5) is 57.6. The highest BCUT2D eigenvalue weighted by molar-refractivity contribution is 7.21. The Morgan fingerprint density at radius 3 is 2.59 bits per heavy atom. The van der Waals surface area contributed by atoms with Crippen LogP contribution >= 0.6 is 11.3 Å². The molecule has 13 heteroatoms. The van der Waals surface area contributed by atoms with E-state index in [1.807, 2.05) is 67.8 Å². The fourth-order valence-corrected chi connectivity index (χ4v) is 7.15. The maximum Gasteiger partial charge on any atom is 0.255 e. The first-order valence-corrected chi connectivity index (χ1v) is 16.9. The van der Waals surface area contributed by atoms with Gasteiger partial charge in [0.15, 0.2) is 0 Å². The molecule has 1 saturated heterocycles. The number of piperidine rings is 1. The zero-order chi connectivity index (χ0) is 34.1. The van der Waals surface area contributed by atoms with Crippen molar-refractivity contribution in [1.29, 1.82) is 0 Å². The molecular formula is C36H36N8O4S. The van der Waals surface area contributed by atoms with Gasteiger partial charge in [-0.1, -0.05) is 6.07 Å². The number of likely N-dealkylation sites (tertiary alicyclic amines) is 1. The Morgan fingerprint density at radius 2 is 1.84 bits per heavy atom. The second-order valence-corrected chi connectivity index (χ2v) is 13.2. The number of aromatic nitrogens is 3. The molecule has 1 fully saturated rings. The number of nitrogens with two attached hydrogens (primary N) is 1. The van der Waals surface area contributed by atoms with Gasteiger partial charge >= 0.3 is 0 Å². The van der Waals surface area contributed by atoms with Crippen molar-refractivity contribution in [3.05, 3.63) is 84.2 Å². The van der Waals surface area contributed by atoms with Crippen LogP contribution in [0.5, 0.6) is 0 Å². The maximum absolute atomic E-state index is 13.3. The second kappa shape index (κ2) is 13.6. The molecule has 0 bridgehead atoms. The summed E-state index contributed by atoms with van der Waals surface area (Å²) in [5, 5.41) is 4.26. The van der Waals surface area contributed by atoms with Gasteiger partial charge in [0.1, 0.15) is 16.9 Å². The number of imide groups is 1. The van der Waals surface area contributed by atoms with Crippen molar-refractivity contribution in [3.8, 4) is 21.8 Å². The van der Waals surface area contributed by atoms with E-state index in [0.29, 0.717) is 30.8 Å². The Bertz CT molecular complexity index is 2030. The highest BCUT2D eigenvalue weighted by Gasteiger charge is 2.42. The van der Waals surface area contributed by atoms with Crippen molar-refractivity contribution >= 4 is 56.5 Å². The molecular weight excluding hydrogens is 641 g/mol. The van der Waals surface area contributed by atoms with Crippen molar-refractivity contribution < 1.29 is 19.1 Å². The average molecular weight is 677 g/mol. The minimum Gasteiger partial charge on any atom is -0.398 e. The largest absolute Gasteiger partial charge is 0.398 e. The lowest BCUT2D eigenvalue weighted by Crippen LogP contribution is -2.55. The zero-order valence-corrected chi connectivity index (χ0v) is 28.1. The van der Waals surface area contributed by atoms with E-state index in [1.54, 1.807) is 29.5 Å². The number of nitrogen functional groups attached to an aromatic ring is 1. The summed E-state index contributed by atoms with van der Waals surface area (Å²) < 4.78 is 6.83. The number of nitrogens with zero attached hydrogens (tertiary/aromatic N) is 6. The third-order valence-corrected chi connectivity index (χ3v) is 9.89. The van der Waals surface area contributed by atoms with Crippen LogP contribution in [-0.2, 0) is 20.9 Å². The number of rotatable bonds is 11. The molecule has 0 saturated carbocycles. The Hall–Kier alpha value is -5.40. The van der Waals surface area contributed by atoms with Crippen LogP contribution in [0.1, 0.15) is 28.8 Å². The Morgan fingerprint density at radius 1 is 1.00 bits per heavy atom. The van der Waals surface area contributed by atoms with Crippen LogP contribution in [0.2, 0.25) is 0 Å². The Kier molecular flexibility index (Phi) is 8.93. The van der Waals surface area contributed by atoms with Crippen LogP contribution in [0, 0.1) is 0 Å². The molecule has 0 aliphatic carbocycles. The number of hydrogen-bond acceptors (Lipinski definition) is 11. The number of carbonyl (C=O) groups is 3. The average Bonchev–Trinajstić information content (AvgIpc) is 3.69. The first kappa shape index (κ1) is 32.2. The van der Waals surface area contributed by atoms with Gasteiger partial charge in [0, 0.05) is 79.6 Å². The van der Waals surface area contributed by atoms with Crippen molar-refractivity contribution in [1.82, 2.24) is 24.8 Å². The standard InChI is InChI=1S/C36H36N8O4S/c1-42(2)32-12-7-22(19-40-32)28-9-6-23(20-39-28)34-41-29-10-8-24(18-31(29)49-34)38-14-16-48-17-15-43-33(45)13-11-30(36(43)47)44-21-26-25(35(44)46)4-3-5-27(26)37/h3-10,12,18-20,30,38H,11,13-17,21,37H2,1-2H3. The first-order chi connectivity index (χ1) is 23.8. The fourth-order valence-electron chi connectivity index (χ4n) is 6.15. The molecule has 250 valence electrons. The van der Waals surface area contributed by atoms with E-state index in [2.05, 4.69) is 21.4 Å². The van der Waals surface area contributed by atoms with Crippen molar-refractivity contribution in [2.45, 2.75) is 25.4 Å². The normalized spacial score (nSPS) is 16.0. The molecule has 3 N–H and O–H groups in total. The first-order valence-electron chi connectivity index (χ1n) is 16.1. The molecule has 3 aromatic heterocycles. The summed E-state index contributed by atoms with van der Waals surface area (Å²) in [5.41, 5.74) is 12.5. The molecule has 7 rings (SSSR count). The minimum atomic E-state index is -0.694. The number of nitrogens with one attached hydrogen (secondary N) is 1. The lowest BCUT2D eigenvalue weighted by atomic mass is 10.0. The van der Waals surface area contributed by atoms with Crippen LogP contribution in [0.15, 0.2) is 73.1 Å². The molecule has 0 radical (unpaired) electrons. The van der Waals surface area contributed by atoms with Crippen molar-refractivity contribution in [2.24, 2.45) is 0 Å². The van der Waals surface area contributed by atoms with Gasteiger partial charge < -0.3 is 25.6 Å². The van der Waals surface area contributed by atoms with Gasteiger partial charge in [0.05, 0.1) is 35.7 Å². The van der Waals surface area contributed by atoms with E-state index in [0.717, 1.165) is 49.1 Å². The smallest absolute Gasteiger partial charge is 0.255 e. The van der Waals surface area contributed by atoms with Gasteiger partial charge in [-0.05, 0) is 61.0 Å². The molecule has 5 aromatic rings. The number of amides is 3. The minimum absolute atomic E-state index is 0.135. The summed E-state index contributed by atoms with van der Waals surface area (Å²) in [6.45, 7) is 1.53. The second-order valence-electron chi connectivity index (χ2n) is 12.2. The summed E-state index contributed by atoms with van der Waals surface area (Å²) >= 11 is 1.60. The Balaban J connectivity index is 0.890. The molecule has 2 aliphatic rings. The highest BCUT2D eigenvalue weighted by Crippen LogP contribution is 2.33. The molecule has 2 aliphatic heterocycles. The predicted octanol–water partition coefficient (Wildman–Crippen LogP) is 4.67. The fraction of sp³-hybridized carbons (Fsp3) is 0.278. The van der Waals surface area contributed by atoms with Crippen LogP contribution < -0.4 is 16.0 Å². The number of fused-ring (bicyclic) bond motifs is 2. The van der Waals surface area contributed by atoms with Gasteiger partial charge in [-0.2, -0.15) is 0 Å². The SMILES string of the molecule is CN(C)c1ccc(-c2ccc(-c3nc4ccc(NCCOCCN5C(=O)CCC(N6Cc7c(N)cccc7C6=O)C5=O)cc4s3)cn2)cn1. The van der Waals surface area contributed by atoms with Crippen molar-refractivity contribution in [3.63, 3.8) is 0 Å². The van der Waals surface area contributed by atoms with Crippen LogP contribution in [0.3, 0.4) is 0 Å². The number of ether oxygens (including phenoxy) is 1. The summed E-state index contributed by atoms with van der Waals surface area (Å²) in [6.07, 6.45) is 4.17. The predicted molar refractivity (Wildman–Crippen MR) is 190 cm³/mol. The van der Waals surface area contributed by atoms with Gasteiger partial charge in [0.25, 0.3) is 11.8 Å². The number of carbonyl (C=O) groups excluding carboxylic acids is 3. The molecule has 12 nitrogen and oxygen atoms in total. The third kappa shape index (κ3) is 6.54. The van der Waals surface area contributed by atoms with Crippen molar-refractivity contribution in [2.75, 3.05) is 56.3 Å². The van der Waals surface area contributed by atoms with E-state index in [9.17, 15) is 14.4 Å². The number of thiazole rings is 1. The van der Waals surface area contributed by atoms with Gasteiger partial charge in [-0.25, -0.2) is 9.97 Å². The molecule has 3 amide bonds. The van der Waals surface area contributed by atoms with Crippen LogP contribution in [0.4, 0.5) is 17.2 Å².